The van der Waals surface area contributed by atoms with Gasteiger partial charge in [-0.1, -0.05) is 5.16 Å². The fraction of sp³-hybridized carbons (Fsp3) is 0.312. The van der Waals surface area contributed by atoms with Crippen molar-refractivity contribution in [1.29, 1.82) is 0 Å². The molecule has 0 aliphatic carbocycles. The Bertz CT molecular complexity index is 979. The predicted molar refractivity (Wildman–Crippen MR) is 86.4 cm³/mol. The Labute approximate surface area is 151 Å². The van der Waals surface area contributed by atoms with Gasteiger partial charge in [-0.3, -0.25) is 14.5 Å². The van der Waals surface area contributed by atoms with Crippen molar-refractivity contribution < 1.29 is 22.5 Å². The number of alkyl halides is 3. The first-order chi connectivity index (χ1) is 12.6. The Kier molecular flexibility index (Phi) is 4.68. The molecule has 1 unspecified atom stereocenters. The third-order valence-electron chi connectivity index (χ3n) is 3.70. The molecule has 1 N–H and O–H groups in total. The van der Waals surface area contributed by atoms with Crippen LogP contribution in [0.5, 0.6) is 0 Å². The summed E-state index contributed by atoms with van der Waals surface area (Å²) in [5.74, 6) is -0.342. The van der Waals surface area contributed by atoms with Crippen molar-refractivity contribution in [2.45, 2.75) is 26.1 Å². The van der Waals surface area contributed by atoms with E-state index in [4.69, 9.17) is 4.52 Å². The van der Waals surface area contributed by atoms with Crippen LogP contribution in [0.1, 0.15) is 40.6 Å². The lowest BCUT2D eigenvalue weighted by atomic mass is 10.2. The SMILES string of the molecule is Cc1cncc(-c2noc(C(C)NC(=O)c3cc(C(F)(F)F)nn3C)n2)c1. The Morgan fingerprint density at radius 2 is 2.04 bits per heavy atom. The van der Waals surface area contributed by atoms with E-state index in [-0.39, 0.29) is 11.6 Å². The molecule has 0 aliphatic heterocycles. The summed E-state index contributed by atoms with van der Waals surface area (Å²) in [6.07, 6.45) is -1.39. The maximum absolute atomic E-state index is 12.7. The van der Waals surface area contributed by atoms with Crippen molar-refractivity contribution in [1.82, 2.24) is 30.2 Å². The average molecular weight is 380 g/mol. The molecule has 1 atom stereocenters. The van der Waals surface area contributed by atoms with Crippen molar-refractivity contribution in [3.8, 4) is 11.4 Å². The molecule has 0 spiro atoms. The largest absolute Gasteiger partial charge is 0.435 e. The van der Waals surface area contributed by atoms with Gasteiger partial charge < -0.3 is 9.84 Å². The van der Waals surface area contributed by atoms with Crippen LogP contribution >= 0.6 is 0 Å². The van der Waals surface area contributed by atoms with Gasteiger partial charge in [0, 0.05) is 31.1 Å². The van der Waals surface area contributed by atoms with Crippen molar-refractivity contribution >= 4 is 5.91 Å². The smallest absolute Gasteiger partial charge is 0.339 e. The Morgan fingerprint density at radius 3 is 2.67 bits per heavy atom. The monoisotopic (exact) mass is 380 g/mol. The molecule has 27 heavy (non-hydrogen) atoms. The minimum atomic E-state index is -4.63. The second kappa shape index (κ2) is 6.82. The zero-order valence-electron chi connectivity index (χ0n) is 14.6. The molecular weight excluding hydrogens is 365 g/mol. The molecule has 0 radical (unpaired) electrons. The van der Waals surface area contributed by atoms with Gasteiger partial charge in [0.15, 0.2) is 5.69 Å². The first-order valence-corrected chi connectivity index (χ1v) is 7.83. The molecule has 3 aromatic heterocycles. The van der Waals surface area contributed by atoms with E-state index in [1.54, 1.807) is 19.3 Å². The molecule has 0 saturated carbocycles. The third kappa shape index (κ3) is 3.96. The molecule has 0 saturated heterocycles. The Hall–Kier alpha value is -3.24. The van der Waals surface area contributed by atoms with Crippen LogP contribution in [-0.2, 0) is 13.2 Å². The summed E-state index contributed by atoms with van der Waals surface area (Å²) < 4.78 is 44.2. The van der Waals surface area contributed by atoms with Crippen LogP contribution in [0.3, 0.4) is 0 Å². The Morgan fingerprint density at radius 1 is 1.30 bits per heavy atom. The van der Waals surface area contributed by atoms with E-state index in [1.807, 2.05) is 13.0 Å². The summed E-state index contributed by atoms with van der Waals surface area (Å²) >= 11 is 0. The number of nitrogens with one attached hydrogen (secondary N) is 1. The summed E-state index contributed by atoms with van der Waals surface area (Å²) in [6.45, 7) is 3.44. The van der Waals surface area contributed by atoms with Crippen LogP contribution in [0.15, 0.2) is 29.0 Å². The minimum absolute atomic E-state index is 0.109. The molecule has 0 bridgehead atoms. The van der Waals surface area contributed by atoms with Gasteiger partial charge >= 0.3 is 6.18 Å². The van der Waals surface area contributed by atoms with Crippen LogP contribution in [0.2, 0.25) is 0 Å². The van der Waals surface area contributed by atoms with Crippen molar-refractivity contribution in [3.05, 3.63) is 47.4 Å². The first kappa shape index (κ1) is 18.5. The van der Waals surface area contributed by atoms with Gasteiger partial charge in [-0.05, 0) is 25.5 Å². The van der Waals surface area contributed by atoms with E-state index in [9.17, 15) is 18.0 Å². The van der Waals surface area contributed by atoms with Crippen molar-refractivity contribution in [2.24, 2.45) is 7.05 Å². The number of pyridine rings is 1. The van der Waals surface area contributed by atoms with E-state index >= 15 is 0 Å². The molecule has 1 amide bonds. The van der Waals surface area contributed by atoms with Gasteiger partial charge in [-0.15, -0.1) is 0 Å². The van der Waals surface area contributed by atoms with Gasteiger partial charge in [0.1, 0.15) is 11.7 Å². The summed E-state index contributed by atoms with van der Waals surface area (Å²) in [5.41, 5.74) is 0.175. The van der Waals surface area contributed by atoms with Gasteiger partial charge in [0.25, 0.3) is 5.91 Å². The maximum Gasteiger partial charge on any atom is 0.435 e. The number of carbonyl (C=O) groups excluding carboxylic acids is 1. The second-order valence-electron chi connectivity index (χ2n) is 5.94. The number of hydrogen-bond acceptors (Lipinski definition) is 6. The third-order valence-corrected chi connectivity index (χ3v) is 3.70. The molecule has 3 heterocycles. The van der Waals surface area contributed by atoms with Gasteiger partial charge in [-0.25, -0.2) is 0 Å². The maximum atomic E-state index is 12.7. The normalized spacial score (nSPS) is 12.8. The summed E-state index contributed by atoms with van der Waals surface area (Å²) in [6, 6.07) is 1.78. The number of aromatic nitrogens is 5. The second-order valence-corrected chi connectivity index (χ2v) is 5.94. The van der Waals surface area contributed by atoms with Crippen molar-refractivity contribution in [3.63, 3.8) is 0 Å². The van der Waals surface area contributed by atoms with Gasteiger partial charge in [0.05, 0.1) is 0 Å². The van der Waals surface area contributed by atoms with E-state index < -0.39 is 23.8 Å². The highest BCUT2D eigenvalue weighted by Gasteiger charge is 2.35. The van der Waals surface area contributed by atoms with Crippen LogP contribution < -0.4 is 5.32 Å². The van der Waals surface area contributed by atoms with E-state index in [1.165, 1.54) is 7.05 Å². The first-order valence-electron chi connectivity index (χ1n) is 7.83. The Balaban J connectivity index is 1.75. The molecule has 0 aliphatic rings. The quantitative estimate of drug-likeness (QED) is 0.747. The number of rotatable bonds is 4. The highest BCUT2D eigenvalue weighted by atomic mass is 19.4. The fourth-order valence-electron chi connectivity index (χ4n) is 2.36. The number of carbonyl (C=O) groups is 1. The van der Waals surface area contributed by atoms with Crippen molar-refractivity contribution in [2.75, 3.05) is 0 Å². The average Bonchev–Trinajstić information content (AvgIpc) is 3.21. The number of halogens is 3. The highest BCUT2D eigenvalue weighted by Crippen LogP contribution is 2.28. The molecule has 0 fully saturated rings. The number of aryl methyl sites for hydroxylation is 2. The molecule has 3 rings (SSSR count). The lowest BCUT2D eigenvalue weighted by Gasteiger charge is -2.09. The molecule has 142 valence electrons. The molecule has 11 heteroatoms. The zero-order chi connectivity index (χ0) is 19.8. The fourth-order valence-corrected chi connectivity index (χ4v) is 2.36. The van der Waals surface area contributed by atoms with E-state index in [0.29, 0.717) is 17.5 Å². The van der Waals surface area contributed by atoms with Gasteiger partial charge in [0.2, 0.25) is 11.7 Å². The molecule has 0 aromatic carbocycles. The minimum Gasteiger partial charge on any atom is -0.339 e. The number of hydrogen-bond donors (Lipinski definition) is 1. The van der Waals surface area contributed by atoms with Crippen LogP contribution in [0.25, 0.3) is 11.4 Å². The lowest BCUT2D eigenvalue weighted by molar-refractivity contribution is -0.141. The van der Waals surface area contributed by atoms with E-state index in [2.05, 4.69) is 25.5 Å². The summed E-state index contributed by atoms with van der Waals surface area (Å²) in [5, 5.41) is 9.66. The number of nitrogens with zero attached hydrogens (tertiary/aromatic N) is 5. The zero-order valence-corrected chi connectivity index (χ0v) is 14.6. The predicted octanol–water partition coefficient (Wildman–Crippen LogP) is 2.68. The van der Waals surface area contributed by atoms with Crippen LogP contribution in [0, 0.1) is 6.92 Å². The summed E-state index contributed by atoms with van der Waals surface area (Å²) in [4.78, 5) is 20.5. The van der Waals surface area contributed by atoms with E-state index in [0.717, 1.165) is 10.2 Å². The lowest BCUT2D eigenvalue weighted by Crippen LogP contribution is -2.28. The van der Waals surface area contributed by atoms with Gasteiger partial charge in [-0.2, -0.15) is 23.3 Å². The standard InChI is InChI=1S/C16H15F3N6O2/c1-8-4-10(7-20-6-8)13-22-15(27-24-13)9(2)21-14(26)11-5-12(16(17,18)19)23-25(11)3/h4-7,9H,1-3H3,(H,21,26). The molecule has 3 aromatic rings. The van der Waals surface area contributed by atoms with Crippen LogP contribution in [-0.4, -0.2) is 30.8 Å². The summed E-state index contributed by atoms with van der Waals surface area (Å²) in [7, 11) is 1.25. The molecular formula is C16H15F3N6O2. The highest BCUT2D eigenvalue weighted by molar-refractivity contribution is 5.92. The number of amides is 1. The molecule has 8 nitrogen and oxygen atoms in total. The van der Waals surface area contributed by atoms with Crippen LogP contribution in [0.4, 0.5) is 13.2 Å². The topological polar surface area (TPSA) is 98.7 Å².